The first-order valence-electron chi connectivity index (χ1n) is 13.4. The van der Waals surface area contributed by atoms with Gasteiger partial charge in [-0.2, -0.15) is 34.6 Å². The van der Waals surface area contributed by atoms with E-state index in [-0.39, 0.29) is 43.3 Å². The van der Waals surface area contributed by atoms with Crippen LogP contribution < -0.4 is 14.2 Å². The molecule has 0 saturated heterocycles. The number of allylic oxidation sites excluding steroid dienone is 2. The molecule has 2 aromatic heterocycles. The van der Waals surface area contributed by atoms with Gasteiger partial charge >= 0.3 is 6.18 Å². The number of hydrogen-bond acceptors (Lipinski definition) is 8. The zero-order valence-electron chi connectivity index (χ0n) is 23.2. The lowest BCUT2D eigenvalue weighted by atomic mass is 10.1. The zero-order chi connectivity index (χ0) is 31.9. The second kappa shape index (κ2) is 12.2. The summed E-state index contributed by atoms with van der Waals surface area (Å²) in [4.78, 5) is 1.44. The van der Waals surface area contributed by atoms with Crippen molar-refractivity contribution in [3.05, 3.63) is 70.8 Å². The molecule has 10 nitrogen and oxygen atoms in total. The van der Waals surface area contributed by atoms with E-state index in [2.05, 4.69) is 0 Å². The third-order valence-corrected chi connectivity index (χ3v) is 9.68. The van der Waals surface area contributed by atoms with Gasteiger partial charge in [-0.1, -0.05) is 18.3 Å². The minimum absolute atomic E-state index is 0.0477. The van der Waals surface area contributed by atoms with E-state index in [1.165, 1.54) is 22.3 Å². The molecule has 4 aromatic rings. The summed E-state index contributed by atoms with van der Waals surface area (Å²) in [6.07, 6.45) is 0.982. The van der Waals surface area contributed by atoms with Crippen LogP contribution in [-0.2, 0) is 33.0 Å². The molecule has 236 valence electrons. The topological polar surface area (TPSA) is 138 Å². The molecule has 0 atom stereocenters. The highest BCUT2D eigenvalue weighted by Gasteiger charge is 2.35. The van der Waals surface area contributed by atoms with Crippen LogP contribution >= 0.6 is 11.3 Å². The fraction of sp³-hybridized carbons (Fsp3) is 0.321. The fourth-order valence-electron chi connectivity index (χ4n) is 4.97. The first kappa shape index (κ1) is 32.0. The molecule has 0 bridgehead atoms. The maximum absolute atomic E-state index is 13.5. The number of furan rings is 1. The second-order valence-corrected chi connectivity index (χ2v) is 14.3. The summed E-state index contributed by atoms with van der Waals surface area (Å²) < 4.78 is 119. The van der Waals surface area contributed by atoms with Gasteiger partial charge in [0, 0.05) is 25.1 Å². The quantitative estimate of drug-likeness (QED) is 0.144. The van der Waals surface area contributed by atoms with Crippen molar-refractivity contribution in [3.63, 3.8) is 0 Å². The predicted molar refractivity (Wildman–Crippen MR) is 160 cm³/mol. The molecule has 0 radical (unpaired) electrons. The number of hydrogen-bond donors (Lipinski definition) is 2. The van der Waals surface area contributed by atoms with E-state index in [1.54, 1.807) is 12.3 Å². The molecule has 0 aliphatic carbocycles. The number of fused-ring (bicyclic) bond motifs is 4. The SMILES string of the molecule is CCC(/C=C1\Oc2ccc(C(F)(F)F)cc2N1CCCS(=O)(=O)O)=C\c1sc2ccc3occc3c2[n+]1CCCS(=O)(=O)O. The van der Waals surface area contributed by atoms with Crippen LogP contribution in [0.2, 0.25) is 0 Å². The van der Waals surface area contributed by atoms with Gasteiger partial charge in [-0.15, -0.1) is 0 Å². The normalized spacial score (nSPS) is 15.5. The lowest BCUT2D eigenvalue weighted by molar-refractivity contribution is -0.667. The largest absolute Gasteiger partial charge is 0.464 e. The maximum Gasteiger partial charge on any atom is 0.416 e. The molecule has 5 rings (SSSR count). The number of alkyl halides is 3. The summed E-state index contributed by atoms with van der Waals surface area (Å²) in [5, 5.41) is 1.56. The summed E-state index contributed by atoms with van der Waals surface area (Å²) >= 11 is 1.44. The van der Waals surface area contributed by atoms with Gasteiger partial charge in [-0.3, -0.25) is 9.11 Å². The highest BCUT2D eigenvalue weighted by atomic mass is 32.2. The third-order valence-electron chi connectivity index (χ3n) is 6.97. The molecule has 0 fully saturated rings. The molecular formula is C28H28F3N2O8S3+. The number of benzene rings is 2. The minimum atomic E-state index is -4.61. The predicted octanol–water partition coefficient (Wildman–Crippen LogP) is 6.04. The molecular weight excluding hydrogens is 646 g/mol. The van der Waals surface area contributed by atoms with Gasteiger partial charge in [-0.25, -0.2) is 0 Å². The number of ether oxygens (including phenoxy) is 1. The first-order chi connectivity index (χ1) is 20.6. The monoisotopic (exact) mass is 673 g/mol. The average molecular weight is 674 g/mol. The number of aryl methyl sites for hydroxylation is 1. The number of rotatable bonds is 11. The van der Waals surface area contributed by atoms with Gasteiger partial charge in [0.2, 0.25) is 11.4 Å². The van der Waals surface area contributed by atoms with Crippen LogP contribution in [0, 0.1) is 0 Å². The fourth-order valence-corrected chi connectivity index (χ4v) is 7.13. The summed E-state index contributed by atoms with van der Waals surface area (Å²) in [5.41, 5.74) is 1.39. The van der Waals surface area contributed by atoms with Crippen molar-refractivity contribution < 1.29 is 52.8 Å². The Morgan fingerprint density at radius 2 is 1.77 bits per heavy atom. The lowest BCUT2D eigenvalue weighted by Gasteiger charge is -2.19. The van der Waals surface area contributed by atoms with Crippen LogP contribution in [0.5, 0.6) is 5.75 Å². The Labute approximate surface area is 255 Å². The van der Waals surface area contributed by atoms with Crippen molar-refractivity contribution in [3.8, 4) is 5.75 Å². The van der Waals surface area contributed by atoms with Crippen molar-refractivity contribution in [2.75, 3.05) is 23.0 Å². The van der Waals surface area contributed by atoms with Gasteiger partial charge in [0.25, 0.3) is 25.2 Å². The molecule has 0 unspecified atom stereocenters. The van der Waals surface area contributed by atoms with Gasteiger partial charge < -0.3 is 14.1 Å². The average Bonchev–Trinajstić information content (AvgIpc) is 3.61. The Morgan fingerprint density at radius 3 is 2.45 bits per heavy atom. The van der Waals surface area contributed by atoms with Gasteiger partial charge in [0.15, 0.2) is 12.3 Å². The third kappa shape index (κ3) is 7.26. The van der Waals surface area contributed by atoms with Crippen LogP contribution in [0.1, 0.15) is 36.8 Å². The molecule has 0 saturated carbocycles. The van der Waals surface area contributed by atoms with E-state index in [0.717, 1.165) is 32.7 Å². The Morgan fingerprint density at radius 1 is 1.05 bits per heavy atom. The van der Waals surface area contributed by atoms with Crippen molar-refractivity contribution >= 4 is 64.5 Å². The molecule has 1 aliphatic heterocycles. The standard InChI is InChI=1S/C28H27F3N2O8S3/c1-2-18(15-25-32(10-3-13-43(34,35)36)21-17-19(28(29,30)31)5-6-23(21)41-25)16-26-33(11-4-14-44(37,38)39)27-20-9-12-40-22(20)7-8-24(27)42-26/h5-9,12,15-17H,2-4,10-11,13-14H2,1H3,(H-,34,35,36,37,38,39)/p+1. The molecule has 1 aliphatic rings. The molecule has 44 heavy (non-hydrogen) atoms. The molecule has 2 aromatic carbocycles. The van der Waals surface area contributed by atoms with Gasteiger partial charge in [-0.05, 0) is 54.8 Å². The van der Waals surface area contributed by atoms with Crippen LogP contribution in [0.4, 0.5) is 18.9 Å². The first-order valence-corrected chi connectivity index (χ1v) is 17.5. The highest BCUT2D eigenvalue weighted by Crippen LogP contribution is 2.43. The van der Waals surface area contributed by atoms with Crippen molar-refractivity contribution in [1.29, 1.82) is 0 Å². The Balaban J connectivity index is 1.56. The molecule has 16 heteroatoms. The number of aromatic nitrogens is 1. The van der Waals surface area contributed by atoms with Crippen molar-refractivity contribution in [2.24, 2.45) is 0 Å². The van der Waals surface area contributed by atoms with Crippen LogP contribution in [-0.4, -0.2) is 44.0 Å². The van der Waals surface area contributed by atoms with Gasteiger partial charge in [0.1, 0.15) is 10.3 Å². The lowest BCUT2D eigenvalue weighted by Crippen LogP contribution is -2.36. The zero-order valence-corrected chi connectivity index (χ0v) is 25.7. The van der Waals surface area contributed by atoms with E-state index < -0.39 is 43.5 Å². The molecule has 0 spiro atoms. The molecule has 3 heterocycles. The van der Waals surface area contributed by atoms with Crippen LogP contribution in [0.25, 0.3) is 27.3 Å². The van der Waals surface area contributed by atoms with Crippen molar-refractivity contribution in [1.82, 2.24) is 0 Å². The summed E-state index contributed by atoms with van der Waals surface area (Å²) in [6, 6.07) is 8.56. The molecule has 0 amide bonds. The number of anilines is 1. The van der Waals surface area contributed by atoms with E-state index in [4.69, 9.17) is 9.15 Å². The van der Waals surface area contributed by atoms with E-state index >= 15 is 0 Å². The summed E-state index contributed by atoms with van der Waals surface area (Å²) in [6.45, 7) is 2.08. The van der Waals surface area contributed by atoms with E-state index in [9.17, 15) is 39.1 Å². The summed E-state index contributed by atoms with van der Waals surface area (Å²) in [7, 11) is -8.48. The van der Waals surface area contributed by atoms with Crippen LogP contribution in [0.15, 0.2) is 64.6 Å². The highest BCUT2D eigenvalue weighted by molar-refractivity contribution is 7.86. The molecule has 2 N–H and O–H groups in total. The smallest absolute Gasteiger partial charge is 0.416 e. The number of thiazole rings is 1. The van der Waals surface area contributed by atoms with Crippen molar-refractivity contribution in [2.45, 2.75) is 38.9 Å². The second-order valence-electron chi connectivity index (χ2n) is 10.1. The number of halogens is 3. The Kier molecular flexibility index (Phi) is 8.83. The van der Waals surface area contributed by atoms with E-state index in [0.29, 0.717) is 17.6 Å². The summed E-state index contributed by atoms with van der Waals surface area (Å²) in [5.74, 6) is -0.679. The Bertz CT molecular complexity index is 1990. The maximum atomic E-state index is 13.5. The minimum Gasteiger partial charge on any atom is -0.464 e. The van der Waals surface area contributed by atoms with Gasteiger partial charge in [0.05, 0.1) is 34.4 Å². The van der Waals surface area contributed by atoms with Crippen LogP contribution in [0.3, 0.4) is 0 Å². The number of nitrogens with zero attached hydrogens (tertiary/aromatic N) is 2. The van der Waals surface area contributed by atoms with E-state index in [1.807, 2.05) is 35.8 Å². The Hall–Kier alpha value is -3.44.